The van der Waals surface area contributed by atoms with Gasteiger partial charge < -0.3 is 5.32 Å². The Morgan fingerprint density at radius 3 is 2.67 bits per heavy atom. The van der Waals surface area contributed by atoms with Crippen LogP contribution >= 0.6 is 11.3 Å². The first-order valence-corrected chi connectivity index (χ1v) is 8.02. The highest BCUT2D eigenvalue weighted by Crippen LogP contribution is 2.29. The van der Waals surface area contributed by atoms with Crippen LogP contribution in [0, 0.1) is 0 Å². The van der Waals surface area contributed by atoms with Crippen molar-refractivity contribution in [2.45, 2.75) is 32.7 Å². The standard InChI is InChI=1S/C18H20N2S/c1-18(2,3)17-9-8-15(21-17)12-19-14-10-13-6-4-5-7-16(13)20-11-14/h4-11,19H,12H2,1-3H3. The van der Waals surface area contributed by atoms with Crippen LogP contribution in [0.1, 0.15) is 30.5 Å². The van der Waals surface area contributed by atoms with Gasteiger partial charge in [-0.05, 0) is 29.7 Å². The van der Waals surface area contributed by atoms with E-state index in [9.17, 15) is 0 Å². The lowest BCUT2D eigenvalue weighted by atomic mass is 9.95. The van der Waals surface area contributed by atoms with Crippen LogP contribution in [0.15, 0.2) is 48.7 Å². The molecule has 2 aromatic heterocycles. The van der Waals surface area contributed by atoms with E-state index in [0.29, 0.717) is 0 Å². The van der Waals surface area contributed by atoms with Crippen LogP contribution < -0.4 is 5.32 Å². The van der Waals surface area contributed by atoms with E-state index in [1.807, 2.05) is 35.7 Å². The van der Waals surface area contributed by atoms with Gasteiger partial charge in [0.1, 0.15) is 0 Å². The molecule has 3 rings (SSSR count). The Morgan fingerprint density at radius 1 is 1.10 bits per heavy atom. The van der Waals surface area contributed by atoms with Crippen LogP contribution in [0.5, 0.6) is 0 Å². The molecule has 0 amide bonds. The highest BCUT2D eigenvalue weighted by atomic mass is 32.1. The van der Waals surface area contributed by atoms with Crippen LogP contribution in [-0.2, 0) is 12.0 Å². The summed E-state index contributed by atoms with van der Waals surface area (Å²) in [6, 6.07) is 14.8. The Balaban J connectivity index is 1.73. The third-order valence-electron chi connectivity index (χ3n) is 3.46. The minimum absolute atomic E-state index is 0.230. The Hall–Kier alpha value is -1.87. The number of nitrogens with one attached hydrogen (secondary N) is 1. The molecule has 0 bridgehead atoms. The van der Waals surface area contributed by atoms with Gasteiger partial charge in [-0.3, -0.25) is 4.98 Å². The molecule has 2 heterocycles. The smallest absolute Gasteiger partial charge is 0.0703 e. The zero-order chi connectivity index (χ0) is 14.9. The average molecular weight is 296 g/mol. The van der Waals surface area contributed by atoms with Gasteiger partial charge in [0, 0.05) is 21.7 Å². The lowest BCUT2D eigenvalue weighted by Crippen LogP contribution is -2.07. The maximum absolute atomic E-state index is 4.48. The summed E-state index contributed by atoms with van der Waals surface area (Å²) in [5.74, 6) is 0. The summed E-state index contributed by atoms with van der Waals surface area (Å²) in [5, 5.41) is 4.64. The van der Waals surface area contributed by atoms with E-state index in [0.717, 1.165) is 17.7 Å². The van der Waals surface area contributed by atoms with Crippen molar-refractivity contribution < 1.29 is 0 Å². The molecule has 3 heteroatoms. The van der Waals surface area contributed by atoms with E-state index in [1.165, 1.54) is 15.1 Å². The molecular weight excluding hydrogens is 276 g/mol. The highest BCUT2D eigenvalue weighted by Gasteiger charge is 2.15. The van der Waals surface area contributed by atoms with Gasteiger partial charge in [-0.15, -0.1) is 11.3 Å². The molecule has 0 radical (unpaired) electrons. The molecule has 3 aromatic rings. The third-order valence-corrected chi connectivity index (χ3v) is 4.97. The maximum atomic E-state index is 4.48. The van der Waals surface area contributed by atoms with E-state index in [-0.39, 0.29) is 5.41 Å². The number of aromatic nitrogens is 1. The quantitative estimate of drug-likeness (QED) is 0.718. The molecule has 0 saturated heterocycles. The Kier molecular flexibility index (Phi) is 3.68. The van der Waals surface area contributed by atoms with Crippen LogP contribution in [0.25, 0.3) is 10.9 Å². The predicted octanol–water partition coefficient (Wildman–Crippen LogP) is 5.21. The lowest BCUT2D eigenvalue weighted by molar-refractivity contribution is 0.604. The first kappa shape index (κ1) is 14.1. The van der Waals surface area contributed by atoms with Crippen molar-refractivity contribution in [3.63, 3.8) is 0 Å². The summed E-state index contributed by atoms with van der Waals surface area (Å²) >= 11 is 1.88. The molecular formula is C18H20N2S. The fraction of sp³-hybridized carbons (Fsp3) is 0.278. The molecule has 21 heavy (non-hydrogen) atoms. The SMILES string of the molecule is CC(C)(C)c1ccc(CNc2cnc3ccccc3c2)s1. The van der Waals surface area contributed by atoms with E-state index in [2.05, 4.69) is 55.3 Å². The molecule has 0 aliphatic rings. The summed E-state index contributed by atoms with van der Waals surface area (Å²) in [4.78, 5) is 7.26. The number of anilines is 1. The summed E-state index contributed by atoms with van der Waals surface area (Å²) in [5.41, 5.74) is 2.33. The monoisotopic (exact) mass is 296 g/mol. The number of fused-ring (bicyclic) bond motifs is 1. The second kappa shape index (κ2) is 5.49. The topological polar surface area (TPSA) is 24.9 Å². The molecule has 0 spiro atoms. The molecule has 0 aliphatic heterocycles. The van der Waals surface area contributed by atoms with Crippen molar-refractivity contribution in [1.29, 1.82) is 0 Å². The number of para-hydroxylation sites is 1. The molecule has 1 N–H and O–H groups in total. The van der Waals surface area contributed by atoms with Gasteiger partial charge in [0.05, 0.1) is 17.4 Å². The normalized spacial score (nSPS) is 11.8. The van der Waals surface area contributed by atoms with E-state index < -0.39 is 0 Å². The third kappa shape index (κ3) is 3.24. The van der Waals surface area contributed by atoms with Gasteiger partial charge in [0.2, 0.25) is 0 Å². The molecule has 1 aromatic carbocycles. The molecule has 0 fully saturated rings. The average Bonchev–Trinajstić information content (AvgIpc) is 2.94. The largest absolute Gasteiger partial charge is 0.379 e. The molecule has 0 unspecified atom stereocenters. The highest BCUT2D eigenvalue weighted by molar-refractivity contribution is 7.12. The second-order valence-electron chi connectivity index (χ2n) is 6.29. The van der Waals surface area contributed by atoms with Crippen molar-refractivity contribution in [3.8, 4) is 0 Å². The minimum Gasteiger partial charge on any atom is -0.379 e. The molecule has 0 saturated carbocycles. The number of benzene rings is 1. The zero-order valence-corrected chi connectivity index (χ0v) is 13.5. The number of pyridine rings is 1. The Bertz CT molecular complexity index is 753. The van der Waals surface area contributed by atoms with Gasteiger partial charge in [0.25, 0.3) is 0 Å². The fourth-order valence-corrected chi connectivity index (χ4v) is 3.24. The summed E-state index contributed by atoms with van der Waals surface area (Å²) in [6.45, 7) is 7.61. The maximum Gasteiger partial charge on any atom is 0.0703 e. The number of nitrogens with zero attached hydrogens (tertiary/aromatic N) is 1. The lowest BCUT2D eigenvalue weighted by Gasteiger charge is -2.15. The van der Waals surface area contributed by atoms with Gasteiger partial charge >= 0.3 is 0 Å². The predicted molar refractivity (Wildman–Crippen MR) is 92.1 cm³/mol. The van der Waals surface area contributed by atoms with Gasteiger partial charge in [-0.1, -0.05) is 39.0 Å². The fourth-order valence-electron chi connectivity index (χ4n) is 2.23. The van der Waals surface area contributed by atoms with Crippen LogP contribution in [0.2, 0.25) is 0 Å². The van der Waals surface area contributed by atoms with Crippen molar-refractivity contribution in [2.75, 3.05) is 5.32 Å². The van der Waals surface area contributed by atoms with Gasteiger partial charge in [-0.25, -0.2) is 0 Å². The van der Waals surface area contributed by atoms with Gasteiger partial charge in [0.15, 0.2) is 0 Å². The number of rotatable bonds is 3. The van der Waals surface area contributed by atoms with Crippen LogP contribution in [0.4, 0.5) is 5.69 Å². The first-order chi connectivity index (χ1) is 10.0. The number of hydrogen-bond acceptors (Lipinski definition) is 3. The van der Waals surface area contributed by atoms with E-state index in [1.54, 1.807) is 0 Å². The molecule has 2 nitrogen and oxygen atoms in total. The minimum atomic E-state index is 0.230. The summed E-state index contributed by atoms with van der Waals surface area (Å²) < 4.78 is 0. The van der Waals surface area contributed by atoms with Crippen molar-refractivity contribution in [3.05, 3.63) is 58.4 Å². The van der Waals surface area contributed by atoms with Crippen LogP contribution in [-0.4, -0.2) is 4.98 Å². The van der Waals surface area contributed by atoms with Crippen molar-refractivity contribution in [1.82, 2.24) is 4.98 Å². The van der Waals surface area contributed by atoms with Crippen LogP contribution in [0.3, 0.4) is 0 Å². The van der Waals surface area contributed by atoms with Crippen molar-refractivity contribution >= 4 is 27.9 Å². The first-order valence-electron chi connectivity index (χ1n) is 7.20. The Morgan fingerprint density at radius 2 is 1.90 bits per heavy atom. The second-order valence-corrected chi connectivity index (χ2v) is 7.45. The van der Waals surface area contributed by atoms with Crippen molar-refractivity contribution in [2.24, 2.45) is 0 Å². The molecule has 0 aliphatic carbocycles. The molecule has 0 atom stereocenters. The zero-order valence-electron chi connectivity index (χ0n) is 12.7. The Labute approximate surface area is 129 Å². The summed E-state index contributed by atoms with van der Waals surface area (Å²) in [7, 11) is 0. The van der Waals surface area contributed by atoms with Gasteiger partial charge in [-0.2, -0.15) is 0 Å². The number of hydrogen-bond donors (Lipinski definition) is 1. The summed E-state index contributed by atoms with van der Waals surface area (Å²) in [6.07, 6.45) is 1.90. The molecule has 108 valence electrons. The number of thiophene rings is 1. The van der Waals surface area contributed by atoms with E-state index in [4.69, 9.17) is 0 Å². The van der Waals surface area contributed by atoms with E-state index >= 15 is 0 Å².